The van der Waals surface area contributed by atoms with Gasteiger partial charge in [-0.15, -0.1) is 0 Å². The molecule has 0 radical (unpaired) electrons. The summed E-state index contributed by atoms with van der Waals surface area (Å²) in [6, 6.07) is 3.52. The fourth-order valence-corrected chi connectivity index (χ4v) is 1.51. The number of carbonyl (C=O) groups is 2. The predicted molar refractivity (Wildman–Crippen MR) is 59.5 cm³/mol. The van der Waals surface area contributed by atoms with E-state index in [2.05, 4.69) is 15.0 Å². The van der Waals surface area contributed by atoms with Crippen molar-refractivity contribution in [2.45, 2.75) is 6.42 Å². The highest BCUT2D eigenvalue weighted by atomic mass is 16.4. The molecule has 3 N–H and O–H groups in total. The van der Waals surface area contributed by atoms with Gasteiger partial charge in [-0.3, -0.25) is 4.98 Å². The molecule has 18 heavy (non-hydrogen) atoms. The normalized spacial score (nSPS) is 10.2. The molecule has 2 aromatic heterocycles. The lowest BCUT2D eigenvalue weighted by Crippen LogP contribution is -2.07. The second kappa shape index (κ2) is 4.66. The summed E-state index contributed by atoms with van der Waals surface area (Å²) in [5.74, 6) is -2.45. The van der Waals surface area contributed by atoms with E-state index in [4.69, 9.17) is 10.2 Å². The van der Waals surface area contributed by atoms with Crippen LogP contribution < -0.4 is 0 Å². The van der Waals surface area contributed by atoms with Crippen LogP contribution in [0, 0.1) is 0 Å². The number of aromatic amines is 1. The van der Waals surface area contributed by atoms with Crippen molar-refractivity contribution in [2.75, 3.05) is 0 Å². The molecule has 7 nitrogen and oxygen atoms in total. The number of rotatable bonds is 4. The lowest BCUT2D eigenvalue weighted by atomic mass is 10.2. The Morgan fingerprint density at radius 1 is 1.28 bits per heavy atom. The van der Waals surface area contributed by atoms with Gasteiger partial charge in [0.1, 0.15) is 5.82 Å². The highest BCUT2D eigenvalue weighted by molar-refractivity contribution is 5.98. The molecule has 0 fully saturated rings. The molecule has 0 aromatic carbocycles. The SMILES string of the molecule is O=C(O)c1nc(Cc2cccnc2)[nH]c1C(=O)O. The Hall–Kier alpha value is -2.70. The number of pyridine rings is 1. The highest BCUT2D eigenvalue weighted by Crippen LogP contribution is 2.10. The predicted octanol–water partition coefficient (Wildman–Crippen LogP) is 0.792. The first kappa shape index (κ1) is 11.8. The van der Waals surface area contributed by atoms with Gasteiger partial charge in [-0.2, -0.15) is 0 Å². The van der Waals surface area contributed by atoms with Crippen molar-refractivity contribution in [2.24, 2.45) is 0 Å². The maximum atomic E-state index is 10.8. The third-order valence-electron chi connectivity index (χ3n) is 2.26. The quantitative estimate of drug-likeness (QED) is 0.735. The van der Waals surface area contributed by atoms with Gasteiger partial charge in [0, 0.05) is 18.8 Å². The molecule has 0 bridgehead atoms. The van der Waals surface area contributed by atoms with Crippen molar-refractivity contribution >= 4 is 11.9 Å². The van der Waals surface area contributed by atoms with Crippen LogP contribution in [0.25, 0.3) is 0 Å². The molecule has 0 atom stereocenters. The number of aromatic nitrogens is 3. The van der Waals surface area contributed by atoms with Crippen molar-refractivity contribution in [3.05, 3.63) is 47.3 Å². The van der Waals surface area contributed by atoms with Gasteiger partial charge in [0.2, 0.25) is 0 Å². The maximum Gasteiger partial charge on any atom is 0.357 e. The van der Waals surface area contributed by atoms with Gasteiger partial charge in [-0.25, -0.2) is 14.6 Å². The fourth-order valence-electron chi connectivity index (χ4n) is 1.51. The molecule has 0 saturated carbocycles. The summed E-state index contributed by atoms with van der Waals surface area (Å²) in [5, 5.41) is 17.7. The van der Waals surface area contributed by atoms with Gasteiger partial charge >= 0.3 is 11.9 Å². The van der Waals surface area contributed by atoms with Crippen molar-refractivity contribution in [3.8, 4) is 0 Å². The molecule has 2 aromatic rings. The van der Waals surface area contributed by atoms with Crippen molar-refractivity contribution in [1.82, 2.24) is 15.0 Å². The molecular weight excluding hydrogens is 238 g/mol. The Morgan fingerprint density at radius 3 is 2.56 bits per heavy atom. The van der Waals surface area contributed by atoms with Crippen LogP contribution in [0.2, 0.25) is 0 Å². The number of hydrogen-bond acceptors (Lipinski definition) is 4. The van der Waals surface area contributed by atoms with Crippen molar-refractivity contribution in [3.63, 3.8) is 0 Å². The first-order valence-electron chi connectivity index (χ1n) is 5.02. The Bertz CT molecular complexity index is 560. The van der Waals surface area contributed by atoms with E-state index in [9.17, 15) is 9.59 Å². The molecule has 0 aliphatic heterocycles. The molecular formula is C11H9N3O4. The molecule has 0 unspecified atom stereocenters. The summed E-state index contributed by atoms with van der Waals surface area (Å²) in [6.45, 7) is 0. The zero-order valence-electron chi connectivity index (χ0n) is 9.12. The summed E-state index contributed by atoms with van der Waals surface area (Å²) in [6.07, 6.45) is 3.50. The number of nitrogens with one attached hydrogen (secondary N) is 1. The fraction of sp³-hybridized carbons (Fsp3) is 0.0909. The average molecular weight is 247 g/mol. The van der Waals surface area contributed by atoms with Crippen LogP contribution in [-0.2, 0) is 6.42 Å². The summed E-state index contributed by atoms with van der Waals surface area (Å²) in [5.41, 5.74) is -0.0945. The average Bonchev–Trinajstić information content (AvgIpc) is 2.74. The molecule has 0 spiro atoms. The van der Waals surface area contributed by atoms with E-state index in [1.807, 2.05) is 0 Å². The van der Waals surface area contributed by atoms with Crippen LogP contribution in [-0.4, -0.2) is 37.1 Å². The van der Waals surface area contributed by atoms with Gasteiger partial charge in [0.05, 0.1) is 0 Å². The summed E-state index contributed by atoms with van der Waals surface area (Å²) in [4.78, 5) is 31.8. The van der Waals surface area contributed by atoms with E-state index >= 15 is 0 Å². The molecule has 0 amide bonds. The van der Waals surface area contributed by atoms with Crippen LogP contribution in [0.4, 0.5) is 0 Å². The number of aromatic carboxylic acids is 2. The summed E-state index contributed by atoms with van der Waals surface area (Å²) >= 11 is 0. The van der Waals surface area contributed by atoms with E-state index < -0.39 is 23.3 Å². The number of carboxylic acids is 2. The number of imidazole rings is 1. The lowest BCUT2D eigenvalue weighted by Gasteiger charge is -1.95. The van der Waals surface area contributed by atoms with Crippen LogP contribution in [0.3, 0.4) is 0 Å². The van der Waals surface area contributed by atoms with Gasteiger partial charge in [-0.05, 0) is 11.6 Å². The second-order valence-electron chi connectivity index (χ2n) is 3.56. The number of hydrogen-bond donors (Lipinski definition) is 3. The number of nitrogens with zero attached hydrogens (tertiary/aromatic N) is 2. The van der Waals surface area contributed by atoms with E-state index in [1.54, 1.807) is 24.5 Å². The summed E-state index contributed by atoms with van der Waals surface area (Å²) in [7, 11) is 0. The highest BCUT2D eigenvalue weighted by Gasteiger charge is 2.21. The summed E-state index contributed by atoms with van der Waals surface area (Å²) < 4.78 is 0. The zero-order chi connectivity index (χ0) is 13.1. The van der Waals surface area contributed by atoms with E-state index in [1.165, 1.54) is 0 Å². The number of carboxylic acid groups (broad SMARTS) is 2. The van der Waals surface area contributed by atoms with Crippen LogP contribution >= 0.6 is 0 Å². The van der Waals surface area contributed by atoms with Gasteiger partial charge in [0.15, 0.2) is 11.4 Å². The second-order valence-corrected chi connectivity index (χ2v) is 3.56. The van der Waals surface area contributed by atoms with E-state index in [0.717, 1.165) is 5.56 Å². The minimum Gasteiger partial charge on any atom is -0.477 e. The molecule has 0 aliphatic rings. The van der Waals surface area contributed by atoms with Crippen molar-refractivity contribution < 1.29 is 19.8 Å². The molecule has 2 rings (SSSR count). The molecule has 0 aliphatic carbocycles. The van der Waals surface area contributed by atoms with Crippen LogP contribution in [0.5, 0.6) is 0 Å². The Labute approximate surface area is 101 Å². The minimum atomic E-state index is -1.37. The van der Waals surface area contributed by atoms with Gasteiger partial charge < -0.3 is 15.2 Å². The Kier molecular flexibility index (Phi) is 3.05. The third-order valence-corrected chi connectivity index (χ3v) is 2.26. The largest absolute Gasteiger partial charge is 0.477 e. The lowest BCUT2D eigenvalue weighted by molar-refractivity contribution is 0.0644. The molecule has 2 heterocycles. The Balaban J connectivity index is 2.33. The topological polar surface area (TPSA) is 116 Å². The number of H-pyrrole nitrogens is 1. The van der Waals surface area contributed by atoms with Gasteiger partial charge in [-0.1, -0.05) is 6.07 Å². The van der Waals surface area contributed by atoms with E-state index in [0.29, 0.717) is 6.42 Å². The maximum absolute atomic E-state index is 10.8. The monoisotopic (exact) mass is 247 g/mol. The molecule has 92 valence electrons. The smallest absolute Gasteiger partial charge is 0.357 e. The van der Waals surface area contributed by atoms with E-state index in [-0.39, 0.29) is 5.82 Å². The van der Waals surface area contributed by atoms with Crippen molar-refractivity contribution in [1.29, 1.82) is 0 Å². The molecule has 0 saturated heterocycles. The van der Waals surface area contributed by atoms with Crippen LogP contribution in [0.15, 0.2) is 24.5 Å². The standard InChI is InChI=1S/C11H9N3O4/c15-10(16)8-9(11(17)18)14-7(13-8)4-6-2-1-3-12-5-6/h1-3,5H,4H2,(H,13,14)(H,15,16)(H,17,18). The molecule has 7 heteroatoms. The minimum absolute atomic E-state index is 0.276. The van der Waals surface area contributed by atoms with Gasteiger partial charge in [0.25, 0.3) is 0 Å². The first-order valence-corrected chi connectivity index (χ1v) is 5.02. The first-order chi connectivity index (χ1) is 8.58. The zero-order valence-corrected chi connectivity index (χ0v) is 9.12. The Morgan fingerprint density at radius 2 is 2.06 bits per heavy atom. The third kappa shape index (κ3) is 2.34. The van der Waals surface area contributed by atoms with Crippen LogP contribution in [0.1, 0.15) is 32.4 Å².